The monoisotopic (exact) mass is 248 g/mol. The number of hydrogen-bond acceptors (Lipinski definition) is 5. The lowest BCUT2D eigenvalue weighted by Crippen LogP contribution is -2.16. The van der Waals surface area contributed by atoms with Crippen LogP contribution in [0.3, 0.4) is 0 Å². The first-order valence-electron chi connectivity index (χ1n) is 5.56. The Balaban J connectivity index is 1.71. The van der Waals surface area contributed by atoms with Gasteiger partial charge in [0, 0.05) is 36.3 Å². The SMILES string of the molecule is Cc1cnc(CNCCc2ccc(N)cn2)s1. The number of rotatable bonds is 5. The summed E-state index contributed by atoms with van der Waals surface area (Å²) in [5.41, 5.74) is 7.34. The fraction of sp³-hybridized carbons (Fsp3) is 0.333. The lowest BCUT2D eigenvalue weighted by molar-refractivity contribution is 0.677. The van der Waals surface area contributed by atoms with Crippen LogP contribution in [0.4, 0.5) is 5.69 Å². The Morgan fingerprint density at radius 1 is 1.29 bits per heavy atom. The second-order valence-corrected chi connectivity index (χ2v) is 5.19. The van der Waals surface area contributed by atoms with Crippen molar-refractivity contribution >= 4 is 17.0 Å². The summed E-state index contributed by atoms with van der Waals surface area (Å²) in [6.07, 6.45) is 4.51. The molecule has 0 amide bonds. The van der Waals surface area contributed by atoms with Crippen LogP contribution in [0.5, 0.6) is 0 Å². The molecule has 17 heavy (non-hydrogen) atoms. The highest BCUT2D eigenvalue weighted by molar-refractivity contribution is 7.11. The Hall–Kier alpha value is -1.46. The Morgan fingerprint density at radius 3 is 2.82 bits per heavy atom. The minimum atomic E-state index is 0.708. The molecule has 0 aliphatic rings. The van der Waals surface area contributed by atoms with Crippen molar-refractivity contribution in [3.8, 4) is 0 Å². The van der Waals surface area contributed by atoms with Crippen molar-refractivity contribution in [1.29, 1.82) is 0 Å². The van der Waals surface area contributed by atoms with Crippen molar-refractivity contribution in [2.24, 2.45) is 0 Å². The van der Waals surface area contributed by atoms with E-state index >= 15 is 0 Å². The summed E-state index contributed by atoms with van der Waals surface area (Å²) < 4.78 is 0. The van der Waals surface area contributed by atoms with E-state index in [-0.39, 0.29) is 0 Å². The van der Waals surface area contributed by atoms with Crippen LogP contribution in [0.15, 0.2) is 24.5 Å². The maximum atomic E-state index is 5.57. The van der Waals surface area contributed by atoms with Crippen LogP contribution < -0.4 is 11.1 Å². The van der Waals surface area contributed by atoms with E-state index in [9.17, 15) is 0 Å². The van der Waals surface area contributed by atoms with Crippen molar-refractivity contribution < 1.29 is 0 Å². The van der Waals surface area contributed by atoms with Gasteiger partial charge in [-0.3, -0.25) is 4.98 Å². The summed E-state index contributed by atoms with van der Waals surface area (Å²) in [5.74, 6) is 0. The molecular weight excluding hydrogens is 232 g/mol. The van der Waals surface area contributed by atoms with Crippen LogP contribution in [0, 0.1) is 6.92 Å². The molecular formula is C12H16N4S. The van der Waals surface area contributed by atoms with Crippen molar-refractivity contribution in [3.63, 3.8) is 0 Å². The summed E-state index contributed by atoms with van der Waals surface area (Å²) in [6, 6.07) is 3.84. The van der Waals surface area contributed by atoms with Crippen LogP contribution in [0.2, 0.25) is 0 Å². The lowest BCUT2D eigenvalue weighted by atomic mass is 10.2. The highest BCUT2D eigenvalue weighted by atomic mass is 32.1. The molecule has 2 heterocycles. The summed E-state index contributed by atoms with van der Waals surface area (Å²) in [7, 11) is 0. The number of thiazole rings is 1. The van der Waals surface area contributed by atoms with E-state index in [1.54, 1.807) is 17.5 Å². The number of aromatic nitrogens is 2. The Kier molecular flexibility index (Phi) is 4.06. The van der Waals surface area contributed by atoms with E-state index in [0.717, 1.165) is 30.2 Å². The van der Waals surface area contributed by atoms with Gasteiger partial charge in [0.25, 0.3) is 0 Å². The first kappa shape index (κ1) is 12.0. The molecule has 0 saturated carbocycles. The molecule has 90 valence electrons. The van der Waals surface area contributed by atoms with Gasteiger partial charge in [0.15, 0.2) is 0 Å². The van der Waals surface area contributed by atoms with Gasteiger partial charge < -0.3 is 11.1 Å². The molecule has 4 nitrogen and oxygen atoms in total. The number of pyridine rings is 1. The largest absolute Gasteiger partial charge is 0.397 e. The zero-order chi connectivity index (χ0) is 12.1. The smallest absolute Gasteiger partial charge is 0.107 e. The molecule has 0 radical (unpaired) electrons. The first-order valence-corrected chi connectivity index (χ1v) is 6.38. The van der Waals surface area contributed by atoms with Crippen LogP contribution in [0.25, 0.3) is 0 Å². The predicted molar refractivity (Wildman–Crippen MR) is 70.9 cm³/mol. The highest BCUT2D eigenvalue weighted by Crippen LogP contribution is 2.10. The minimum Gasteiger partial charge on any atom is -0.397 e. The number of anilines is 1. The summed E-state index contributed by atoms with van der Waals surface area (Å²) >= 11 is 1.73. The maximum absolute atomic E-state index is 5.57. The Labute approximate surface area is 105 Å². The molecule has 0 spiro atoms. The third-order valence-electron chi connectivity index (χ3n) is 2.35. The molecule has 0 aromatic carbocycles. The normalized spacial score (nSPS) is 10.6. The zero-order valence-corrected chi connectivity index (χ0v) is 10.6. The second kappa shape index (κ2) is 5.75. The van der Waals surface area contributed by atoms with E-state index in [4.69, 9.17) is 5.73 Å². The average molecular weight is 248 g/mol. The summed E-state index contributed by atoms with van der Waals surface area (Å²) in [4.78, 5) is 9.80. The number of hydrogen-bond donors (Lipinski definition) is 2. The molecule has 0 bridgehead atoms. The van der Waals surface area contributed by atoms with Gasteiger partial charge in [0.2, 0.25) is 0 Å². The van der Waals surface area contributed by atoms with Gasteiger partial charge in [-0.2, -0.15) is 0 Å². The van der Waals surface area contributed by atoms with E-state index in [1.807, 2.05) is 18.3 Å². The maximum Gasteiger partial charge on any atom is 0.107 e. The molecule has 2 aromatic heterocycles. The van der Waals surface area contributed by atoms with Crippen LogP contribution >= 0.6 is 11.3 Å². The third-order valence-corrected chi connectivity index (χ3v) is 3.26. The average Bonchev–Trinajstić information content (AvgIpc) is 2.73. The molecule has 0 unspecified atom stereocenters. The molecule has 0 saturated heterocycles. The number of nitrogens with one attached hydrogen (secondary N) is 1. The van der Waals surface area contributed by atoms with Crippen molar-refractivity contribution in [3.05, 3.63) is 40.1 Å². The van der Waals surface area contributed by atoms with E-state index < -0.39 is 0 Å². The molecule has 5 heteroatoms. The Bertz CT molecular complexity index is 464. The summed E-state index contributed by atoms with van der Waals surface area (Å²) in [6.45, 7) is 3.79. The molecule has 0 atom stereocenters. The van der Waals surface area contributed by atoms with Crippen LogP contribution in [-0.2, 0) is 13.0 Å². The molecule has 2 aromatic rings. The standard InChI is InChI=1S/C12H16N4S/c1-9-6-16-12(17-9)8-14-5-4-11-3-2-10(13)7-15-11/h2-3,6-7,14H,4-5,8,13H2,1H3. The first-order chi connectivity index (χ1) is 8.24. The van der Waals surface area contributed by atoms with Gasteiger partial charge in [0.1, 0.15) is 5.01 Å². The highest BCUT2D eigenvalue weighted by Gasteiger charge is 1.98. The number of nitrogen functional groups attached to an aromatic ring is 1. The fourth-order valence-electron chi connectivity index (χ4n) is 1.48. The van der Waals surface area contributed by atoms with Gasteiger partial charge in [-0.05, 0) is 19.1 Å². The Morgan fingerprint density at radius 2 is 2.18 bits per heavy atom. The number of nitrogens with zero attached hydrogens (tertiary/aromatic N) is 2. The fourth-order valence-corrected chi connectivity index (χ4v) is 2.24. The summed E-state index contributed by atoms with van der Waals surface area (Å²) in [5, 5.41) is 4.49. The van der Waals surface area contributed by atoms with Crippen molar-refractivity contribution in [2.75, 3.05) is 12.3 Å². The minimum absolute atomic E-state index is 0.708. The van der Waals surface area contributed by atoms with Gasteiger partial charge >= 0.3 is 0 Å². The van der Waals surface area contributed by atoms with Gasteiger partial charge in [-0.15, -0.1) is 11.3 Å². The van der Waals surface area contributed by atoms with Gasteiger partial charge in [-0.1, -0.05) is 0 Å². The zero-order valence-electron chi connectivity index (χ0n) is 9.81. The third kappa shape index (κ3) is 3.80. The van der Waals surface area contributed by atoms with E-state index in [0.29, 0.717) is 5.69 Å². The second-order valence-electron chi connectivity index (χ2n) is 3.87. The lowest BCUT2D eigenvalue weighted by Gasteiger charge is -2.02. The van der Waals surface area contributed by atoms with Gasteiger partial charge in [0.05, 0.1) is 11.9 Å². The number of nitrogens with two attached hydrogens (primary N) is 1. The topological polar surface area (TPSA) is 63.8 Å². The van der Waals surface area contributed by atoms with E-state index in [2.05, 4.69) is 22.2 Å². The molecule has 0 aliphatic heterocycles. The number of aryl methyl sites for hydroxylation is 1. The van der Waals surface area contributed by atoms with Crippen molar-refractivity contribution in [1.82, 2.24) is 15.3 Å². The van der Waals surface area contributed by atoms with Gasteiger partial charge in [-0.25, -0.2) is 4.98 Å². The van der Waals surface area contributed by atoms with Crippen LogP contribution in [-0.4, -0.2) is 16.5 Å². The molecule has 0 aliphatic carbocycles. The van der Waals surface area contributed by atoms with Crippen molar-refractivity contribution in [2.45, 2.75) is 19.9 Å². The van der Waals surface area contributed by atoms with Crippen LogP contribution in [0.1, 0.15) is 15.6 Å². The molecule has 2 rings (SSSR count). The van der Waals surface area contributed by atoms with E-state index in [1.165, 1.54) is 4.88 Å². The molecule has 3 N–H and O–H groups in total. The quantitative estimate of drug-likeness (QED) is 0.791. The molecule has 0 fully saturated rings. The predicted octanol–water partition coefficient (Wildman–Crippen LogP) is 1.76.